The van der Waals surface area contributed by atoms with Crippen molar-refractivity contribution in [2.24, 2.45) is 5.73 Å². The third-order valence-electron chi connectivity index (χ3n) is 1.92. The fourth-order valence-electron chi connectivity index (χ4n) is 1.07. The zero-order valence-electron chi connectivity index (χ0n) is 6.72. The van der Waals surface area contributed by atoms with Crippen LogP contribution in [0.4, 0.5) is 0 Å². The highest BCUT2D eigenvalue weighted by Crippen LogP contribution is 2.18. The third kappa shape index (κ3) is 1.99. The Hall–Kier alpha value is -0.560. The van der Waals surface area contributed by atoms with E-state index in [1.165, 1.54) is 5.57 Å². The molecule has 1 aliphatic carbocycles. The molecule has 1 rings (SSSR count). The van der Waals surface area contributed by atoms with Crippen LogP contribution in [0.15, 0.2) is 23.8 Å². The molecule has 1 aliphatic rings. The molecule has 2 N–H and O–H groups in total. The lowest BCUT2D eigenvalue weighted by molar-refractivity contribution is 0.536. The van der Waals surface area contributed by atoms with Gasteiger partial charge in [0, 0.05) is 5.54 Å². The Morgan fingerprint density at radius 3 is 3.00 bits per heavy atom. The van der Waals surface area contributed by atoms with Gasteiger partial charge in [-0.2, -0.15) is 0 Å². The highest BCUT2D eigenvalue weighted by atomic mass is 14.7. The van der Waals surface area contributed by atoms with Crippen molar-refractivity contribution in [2.75, 3.05) is 0 Å². The summed E-state index contributed by atoms with van der Waals surface area (Å²) in [4.78, 5) is 0. The monoisotopic (exact) mass is 137 g/mol. The van der Waals surface area contributed by atoms with Gasteiger partial charge in [0.25, 0.3) is 0 Å². The van der Waals surface area contributed by atoms with Crippen LogP contribution >= 0.6 is 0 Å². The molecule has 0 aromatic heterocycles. The Morgan fingerprint density at radius 2 is 2.30 bits per heavy atom. The molecule has 0 saturated carbocycles. The van der Waals surface area contributed by atoms with Gasteiger partial charge in [0.2, 0.25) is 0 Å². The van der Waals surface area contributed by atoms with Gasteiger partial charge >= 0.3 is 0 Å². The minimum absolute atomic E-state index is 0.0890. The summed E-state index contributed by atoms with van der Waals surface area (Å²) in [7, 11) is 0. The summed E-state index contributed by atoms with van der Waals surface area (Å²) in [5.74, 6) is 0. The van der Waals surface area contributed by atoms with Gasteiger partial charge in [-0.3, -0.25) is 0 Å². The van der Waals surface area contributed by atoms with Crippen LogP contribution in [0.3, 0.4) is 0 Å². The predicted molar refractivity (Wildman–Crippen MR) is 44.7 cm³/mol. The maximum Gasteiger partial charge on any atom is 0.0316 e. The number of allylic oxidation sites excluding steroid dienone is 3. The Balaban J connectivity index is 2.67. The van der Waals surface area contributed by atoms with E-state index in [0.29, 0.717) is 0 Å². The fraction of sp³-hybridized carbons (Fsp3) is 0.556. The van der Waals surface area contributed by atoms with E-state index in [1.807, 2.05) is 0 Å². The maximum atomic E-state index is 5.92. The van der Waals surface area contributed by atoms with Crippen molar-refractivity contribution in [1.82, 2.24) is 0 Å². The molecule has 0 radical (unpaired) electrons. The normalized spacial score (nSPS) is 33.3. The first-order valence-corrected chi connectivity index (χ1v) is 3.74. The first-order chi connectivity index (χ1) is 4.60. The third-order valence-corrected chi connectivity index (χ3v) is 1.92. The SMILES string of the molecule is CC1=CC=CC(C)(N)CC1. The van der Waals surface area contributed by atoms with Gasteiger partial charge in [-0.05, 0) is 26.7 Å². The first-order valence-electron chi connectivity index (χ1n) is 3.74. The van der Waals surface area contributed by atoms with Crippen LogP contribution in [0, 0.1) is 0 Å². The summed E-state index contributed by atoms with van der Waals surface area (Å²) in [6, 6.07) is 0. The van der Waals surface area contributed by atoms with Crippen molar-refractivity contribution in [3.05, 3.63) is 23.8 Å². The molecule has 0 fully saturated rings. The van der Waals surface area contributed by atoms with Crippen molar-refractivity contribution >= 4 is 0 Å². The molecule has 0 bridgehead atoms. The molecule has 0 spiro atoms. The van der Waals surface area contributed by atoms with Crippen LogP contribution in [0.5, 0.6) is 0 Å². The molecule has 0 amide bonds. The van der Waals surface area contributed by atoms with Gasteiger partial charge in [0.05, 0.1) is 0 Å². The van der Waals surface area contributed by atoms with Crippen LogP contribution < -0.4 is 5.73 Å². The van der Waals surface area contributed by atoms with E-state index in [1.54, 1.807) is 0 Å². The summed E-state index contributed by atoms with van der Waals surface area (Å²) in [5.41, 5.74) is 7.25. The molecule has 1 atom stereocenters. The number of nitrogens with two attached hydrogens (primary N) is 1. The number of hydrogen-bond acceptors (Lipinski definition) is 1. The predicted octanol–water partition coefficient (Wildman–Crippen LogP) is 2.00. The van der Waals surface area contributed by atoms with Crippen molar-refractivity contribution < 1.29 is 0 Å². The lowest BCUT2D eigenvalue weighted by Crippen LogP contribution is -2.32. The molecule has 10 heavy (non-hydrogen) atoms. The van der Waals surface area contributed by atoms with Gasteiger partial charge in [0.15, 0.2) is 0 Å². The van der Waals surface area contributed by atoms with E-state index in [0.717, 1.165) is 12.8 Å². The zero-order chi connectivity index (χ0) is 7.61. The molecule has 1 heteroatoms. The van der Waals surface area contributed by atoms with Crippen molar-refractivity contribution in [1.29, 1.82) is 0 Å². The summed E-state index contributed by atoms with van der Waals surface area (Å²) in [6.45, 7) is 4.21. The molecular formula is C9H15N. The fourth-order valence-corrected chi connectivity index (χ4v) is 1.07. The van der Waals surface area contributed by atoms with Crippen molar-refractivity contribution in [3.63, 3.8) is 0 Å². The quantitative estimate of drug-likeness (QED) is 0.543. The minimum Gasteiger partial charge on any atom is -0.322 e. The minimum atomic E-state index is -0.0890. The Bertz CT molecular complexity index is 175. The van der Waals surface area contributed by atoms with Gasteiger partial charge < -0.3 is 5.73 Å². The molecule has 0 aromatic carbocycles. The van der Waals surface area contributed by atoms with Crippen molar-refractivity contribution in [2.45, 2.75) is 32.2 Å². The topological polar surface area (TPSA) is 26.0 Å². The Kier molecular flexibility index (Phi) is 1.95. The molecule has 0 aromatic rings. The standard InChI is InChI=1S/C9H15N/c1-8-4-3-6-9(2,10)7-5-8/h3-4,6H,5,7,10H2,1-2H3. The maximum absolute atomic E-state index is 5.92. The summed E-state index contributed by atoms with van der Waals surface area (Å²) in [6.07, 6.45) is 8.45. The molecule has 56 valence electrons. The van der Waals surface area contributed by atoms with Crippen LogP contribution in [-0.4, -0.2) is 5.54 Å². The van der Waals surface area contributed by atoms with Gasteiger partial charge in [-0.1, -0.05) is 23.8 Å². The van der Waals surface area contributed by atoms with Crippen LogP contribution in [0.1, 0.15) is 26.7 Å². The second-order valence-corrected chi connectivity index (χ2v) is 3.38. The van der Waals surface area contributed by atoms with E-state index in [9.17, 15) is 0 Å². The van der Waals surface area contributed by atoms with Crippen molar-refractivity contribution in [3.8, 4) is 0 Å². The van der Waals surface area contributed by atoms with Gasteiger partial charge in [0.1, 0.15) is 0 Å². The van der Waals surface area contributed by atoms with Crippen LogP contribution in [0.2, 0.25) is 0 Å². The summed E-state index contributed by atoms with van der Waals surface area (Å²) in [5, 5.41) is 0. The Labute approximate surface area is 62.6 Å². The van der Waals surface area contributed by atoms with E-state index in [-0.39, 0.29) is 5.54 Å². The molecule has 0 heterocycles. The number of hydrogen-bond donors (Lipinski definition) is 1. The highest BCUT2D eigenvalue weighted by Gasteiger charge is 2.14. The lowest BCUT2D eigenvalue weighted by atomic mass is 9.97. The second kappa shape index (κ2) is 2.59. The smallest absolute Gasteiger partial charge is 0.0316 e. The molecule has 1 unspecified atom stereocenters. The molecule has 1 nitrogen and oxygen atoms in total. The van der Waals surface area contributed by atoms with E-state index >= 15 is 0 Å². The van der Waals surface area contributed by atoms with E-state index in [2.05, 4.69) is 32.1 Å². The second-order valence-electron chi connectivity index (χ2n) is 3.38. The van der Waals surface area contributed by atoms with Crippen LogP contribution in [-0.2, 0) is 0 Å². The Morgan fingerprint density at radius 1 is 1.60 bits per heavy atom. The van der Waals surface area contributed by atoms with E-state index in [4.69, 9.17) is 5.73 Å². The zero-order valence-corrected chi connectivity index (χ0v) is 6.72. The average molecular weight is 137 g/mol. The lowest BCUT2D eigenvalue weighted by Gasteiger charge is -2.18. The molecule has 0 saturated heterocycles. The van der Waals surface area contributed by atoms with Crippen LogP contribution in [0.25, 0.3) is 0 Å². The molecular weight excluding hydrogens is 122 g/mol. The van der Waals surface area contributed by atoms with E-state index < -0.39 is 0 Å². The molecule has 0 aliphatic heterocycles. The summed E-state index contributed by atoms with van der Waals surface area (Å²) < 4.78 is 0. The highest BCUT2D eigenvalue weighted by molar-refractivity contribution is 5.19. The van der Waals surface area contributed by atoms with Gasteiger partial charge in [-0.15, -0.1) is 0 Å². The summed E-state index contributed by atoms with van der Waals surface area (Å²) >= 11 is 0. The number of rotatable bonds is 0. The van der Waals surface area contributed by atoms with Gasteiger partial charge in [-0.25, -0.2) is 0 Å². The largest absolute Gasteiger partial charge is 0.322 e. The first kappa shape index (κ1) is 7.55. The average Bonchev–Trinajstić information content (AvgIpc) is 1.94.